The standard InChI is InChI=1S/C7H8O2SSe/c8-10(9,11)6-7-4-2-1-3-5-7/h1-5H,6H2,(H,8,9,11). The second kappa shape index (κ2) is 3.39. The van der Waals surface area contributed by atoms with Gasteiger partial charge in [0.1, 0.15) is 0 Å². The van der Waals surface area contributed by atoms with E-state index in [-0.39, 0.29) is 5.75 Å². The Labute approximate surface area is 73.4 Å². The van der Waals surface area contributed by atoms with E-state index < -0.39 is 8.26 Å². The molecule has 0 radical (unpaired) electrons. The summed E-state index contributed by atoms with van der Waals surface area (Å²) in [4.78, 5) is 0. The number of rotatable bonds is 2. The van der Waals surface area contributed by atoms with Crippen molar-refractivity contribution < 1.29 is 8.42 Å². The second-order valence-electron chi connectivity index (χ2n) is 2.21. The molecule has 0 heterocycles. The predicted octanol–water partition coefficient (Wildman–Crippen LogP) is 0.417. The fourth-order valence-electron chi connectivity index (χ4n) is 0.785. The van der Waals surface area contributed by atoms with Gasteiger partial charge in [-0.25, -0.2) is 0 Å². The van der Waals surface area contributed by atoms with Crippen LogP contribution in [0.25, 0.3) is 0 Å². The van der Waals surface area contributed by atoms with Crippen LogP contribution >= 0.6 is 0 Å². The van der Waals surface area contributed by atoms with Gasteiger partial charge in [-0.2, -0.15) is 0 Å². The summed E-state index contributed by atoms with van der Waals surface area (Å²) in [6.45, 7) is 0. The van der Waals surface area contributed by atoms with Gasteiger partial charge < -0.3 is 0 Å². The molecule has 60 valence electrons. The third-order valence-electron chi connectivity index (χ3n) is 1.19. The Hall–Kier alpha value is -0.311. The van der Waals surface area contributed by atoms with Crippen LogP contribution in [0.15, 0.2) is 30.3 Å². The first kappa shape index (κ1) is 8.78. The molecule has 4 heteroatoms. The summed E-state index contributed by atoms with van der Waals surface area (Å²) in [7, 11) is -2.94. The van der Waals surface area contributed by atoms with Crippen LogP contribution in [-0.4, -0.2) is 23.3 Å². The van der Waals surface area contributed by atoms with Gasteiger partial charge in [0, 0.05) is 0 Å². The molecule has 1 aromatic rings. The van der Waals surface area contributed by atoms with Crippen molar-refractivity contribution in [3.05, 3.63) is 35.9 Å². The van der Waals surface area contributed by atoms with Gasteiger partial charge in [0.15, 0.2) is 0 Å². The van der Waals surface area contributed by atoms with Crippen LogP contribution < -0.4 is 0 Å². The summed E-state index contributed by atoms with van der Waals surface area (Å²) < 4.78 is 21.5. The van der Waals surface area contributed by atoms with Crippen molar-refractivity contribution in [3.63, 3.8) is 0 Å². The average molecular weight is 235 g/mol. The molecule has 0 saturated heterocycles. The van der Waals surface area contributed by atoms with E-state index in [1.165, 1.54) is 0 Å². The van der Waals surface area contributed by atoms with Gasteiger partial charge in [0.05, 0.1) is 0 Å². The zero-order valence-corrected chi connectivity index (χ0v) is 8.46. The van der Waals surface area contributed by atoms with Crippen LogP contribution in [0.5, 0.6) is 0 Å². The van der Waals surface area contributed by atoms with E-state index >= 15 is 0 Å². The Bertz CT molecular complexity index is 318. The normalized spacial score (nSPS) is 11.4. The van der Waals surface area contributed by atoms with Crippen LogP contribution in [0.1, 0.15) is 5.56 Å². The van der Waals surface area contributed by atoms with Crippen molar-refractivity contribution in [2.24, 2.45) is 0 Å². The molecule has 0 spiro atoms. The van der Waals surface area contributed by atoms with E-state index in [2.05, 4.69) is 0 Å². The van der Waals surface area contributed by atoms with E-state index in [0.29, 0.717) is 0 Å². The quantitative estimate of drug-likeness (QED) is 0.696. The number of hydrogen-bond donors (Lipinski definition) is 0. The first-order valence-corrected chi connectivity index (χ1v) is 6.98. The van der Waals surface area contributed by atoms with Crippen molar-refractivity contribution in [1.29, 1.82) is 0 Å². The van der Waals surface area contributed by atoms with Gasteiger partial charge >= 0.3 is 73.2 Å². The molecule has 0 aliphatic carbocycles. The fraction of sp³-hybridized carbons (Fsp3) is 0.143. The second-order valence-corrected chi connectivity index (χ2v) is 7.17. The fourth-order valence-corrected chi connectivity index (χ4v) is 2.34. The van der Waals surface area contributed by atoms with Gasteiger partial charge in [-0.3, -0.25) is 0 Å². The van der Waals surface area contributed by atoms with Crippen molar-refractivity contribution in [2.75, 3.05) is 0 Å². The van der Waals surface area contributed by atoms with Crippen molar-refractivity contribution in [1.82, 2.24) is 0 Å². The molecule has 1 rings (SSSR count). The third kappa shape index (κ3) is 3.56. The number of benzene rings is 1. The first-order valence-electron chi connectivity index (χ1n) is 3.07. The monoisotopic (exact) mass is 236 g/mol. The molecule has 0 atom stereocenters. The SMILES string of the molecule is O=S(=O)([SeH])Cc1ccccc1. The van der Waals surface area contributed by atoms with Gasteiger partial charge in [0.2, 0.25) is 0 Å². The molecule has 1 aromatic carbocycles. The van der Waals surface area contributed by atoms with Gasteiger partial charge in [-0.15, -0.1) is 0 Å². The molecule has 0 N–H and O–H groups in total. The van der Waals surface area contributed by atoms with E-state index in [1.807, 2.05) is 18.2 Å². The number of hydrogen-bond acceptors (Lipinski definition) is 2. The molecule has 0 bridgehead atoms. The van der Waals surface area contributed by atoms with Crippen LogP contribution in [0, 0.1) is 0 Å². The maximum atomic E-state index is 10.8. The summed E-state index contributed by atoms with van der Waals surface area (Å²) in [5.41, 5.74) is 0.827. The topological polar surface area (TPSA) is 34.1 Å². The summed E-state index contributed by atoms with van der Waals surface area (Å²) in [5, 5.41) is 0. The Morgan fingerprint density at radius 1 is 1.18 bits per heavy atom. The molecule has 0 amide bonds. The van der Waals surface area contributed by atoms with Gasteiger partial charge in [-0.1, -0.05) is 0 Å². The Morgan fingerprint density at radius 2 is 1.73 bits per heavy atom. The van der Waals surface area contributed by atoms with E-state index in [0.717, 1.165) is 5.56 Å². The van der Waals surface area contributed by atoms with Crippen LogP contribution in [0.2, 0.25) is 0 Å². The molecular weight excluding hydrogens is 227 g/mol. The van der Waals surface area contributed by atoms with Crippen LogP contribution in [-0.2, 0) is 14.0 Å². The molecule has 0 saturated carbocycles. The van der Waals surface area contributed by atoms with E-state index in [4.69, 9.17) is 0 Å². The minimum absolute atomic E-state index is 0.105. The van der Waals surface area contributed by atoms with E-state index in [1.54, 1.807) is 27.0 Å². The Kier molecular flexibility index (Phi) is 2.71. The zero-order chi connectivity index (χ0) is 8.32. The summed E-state index contributed by atoms with van der Waals surface area (Å²) in [6, 6.07) is 9.11. The van der Waals surface area contributed by atoms with E-state index in [9.17, 15) is 8.42 Å². The molecule has 0 unspecified atom stereocenters. The van der Waals surface area contributed by atoms with Crippen molar-refractivity contribution in [2.45, 2.75) is 5.75 Å². The molecule has 2 nitrogen and oxygen atoms in total. The van der Waals surface area contributed by atoms with Crippen LogP contribution in [0.3, 0.4) is 0 Å². The average Bonchev–Trinajstić information content (AvgIpc) is 1.85. The molecule has 11 heavy (non-hydrogen) atoms. The molecule has 0 aromatic heterocycles. The van der Waals surface area contributed by atoms with Crippen LogP contribution in [0.4, 0.5) is 0 Å². The van der Waals surface area contributed by atoms with Crippen molar-refractivity contribution in [3.8, 4) is 0 Å². The van der Waals surface area contributed by atoms with Crippen molar-refractivity contribution >= 4 is 23.1 Å². The maximum absolute atomic E-state index is 10.8. The third-order valence-corrected chi connectivity index (χ3v) is 2.70. The Balaban J connectivity index is 2.82. The molecule has 0 aliphatic rings. The minimum atomic E-state index is -2.94. The first-order chi connectivity index (χ1) is 5.08. The predicted molar refractivity (Wildman–Crippen MR) is 46.2 cm³/mol. The zero-order valence-electron chi connectivity index (χ0n) is 5.77. The van der Waals surface area contributed by atoms with Gasteiger partial charge in [0.25, 0.3) is 0 Å². The summed E-state index contributed by atoms with van der Waals surface area (Å²) in [5.74, 6) is 0.105. The Morgan fingerprint density at radius 3 is 2.18 bits per heavy atom. The summed E-state index contributed by atoms with van der Waals surface area (Å²) >= 11 is 1.69. The summed E-state index contributed by atoms with van der Waals surface area (Å²) in [6.07, 6.45) is 0. The molecule has 0 aliphatic heterocycles. The van der Waals surface area contributed by atoms with Gasteiger partial charge in [-0.05, 0) is 0 Å². The molecular formula is C7H8O2SSe. The molecule has 0 fully saturated rings.